The maximum absolute atomic E-state index is 11.6. The molecular formula is C24H30N2O. The third-order valence-electron chi connectivity index (χ3n) is 5.30. The predicted octanol–water partition coefficient (Wildman–Crippen LogP) is 4.32. The van der Waals surface area contributed by atoms with Crippen molar-refractivity contribution in [1.29, 1.82) is 0 Å². The van der Waals surface area contributed by atoms with Crippen LogP contribution in [-0.4, -0.2) is 48.3 Å². The average molecular weight is 363 g/mol. The molecule has 1 fully saturated rings. The van der Waals surface area contributed by atoms with Crippen LogP contribution in [0.2, 0.25) is 0 Å². The fourth-order valence-electron chi connectivity index (χ4n) is 3.89. The largest absolute Gasteiger partial charge is 0.301 e. The smallest absolute Gasteiger partial charge is 0.136 e. The van der Waals surface area contributed by atoms with Gasteiger partial charge in [0.25, 0.3) is 0 Å². The molecule has 2 aromatic carbocycles. The van der Waals surface area contributed by atoms with E-state index in [1.807, 2.05) is 0 Å². The van der Waals surface area contributed by atoms with E-state index >= 15 is 0 Å². The van der Waals surface area contributed by atoms with E-state index in [4.69, 9.17) is 0 Å². The number of allylic oxidation sites excluding steroid dienone is 1. The highest BCUT2D eigenvalue weighted by molar-refractivity contribution is 5.79. The van der Waals surface area contributed by atoms with Crippen LogP contribution in [0.5, 0.6) is 0 Å². The molecular weight excluding hydrogens is 332 g/mol. The van der Waals surface area contributed by atoms with Crippen LogP contribution >= 0.6 is 0 Å². The summed E-state index contributed by atoms with van der Waals surface area (Å²) in [5.74, 6) is 0.303. The highest BCUT2D eigenvalue weighted by Crippen LogP contribution is 2.29. The number of hydrogen-bond acceptors (Lipinski definition) is 3. The first-order valence-corrected chi connectivity index (χ1v) is 9.97. The van der Waals surface area contributed by atoms with Crippen LogP contribution in [0.3, 0.4) is 0 Å². The topological polar surface area (TPSA) is 23.6 Å². The van der Waals surface area contributed by atoms with E-state index in [-0.39, 0.29) is 0 Å². The first-order valence-electron chi connectivity index (χ1n) is 9.97. The van der Waals surface area contributed by atoms with Gasteiger partial charge in [-0.1, -0.05) is 66.7 Å². The van der Waals surface area contributed by atoms with Crippen molar-refractivity contribution >= 4 is 5.78 Å². The molecule has 142 valence electrons. The average Bonchev–Trinajstić information content (AvgIpc) is 2.71. The molecule has 0 radical (unpaired) electrons. The van der Waals surface area contributed by atoms with E-state index in [1.54, 1.807) is 6.08 Å². The minimum atomic E-state index is 0.303. The van der Waals surface area contributed by atoms with Crippen molar-refractivity contribution in [2.75, 3.05) is 32.7 Å². The number of Topliss-reactive ketones (excluding diaryl/α,β-unsaturated/α-hetero) is 1. The molecule has 3 nitrogen and oxygen atoms in total. The van der Waals surface area contributed by atoms with Crippen molar-refractivity contribution < 1.29 is 4.79 Å². The summed E-state index contributed by atoms with van der Waals surface area (Å²) in [6.45, 7) is 8.87. The third kappa shape index (κ3) is 5.62. The van der Waals surface area contributed by atoms with Crippen molar-refractivity contribution in [1.82, 2.24) is 9.80 Å². The van der Waals surface area contributed by atoms with Gasteiger partial charge in [-0.3, -0.25) is 9.69 Å². The Bertz CT molecular complexity index is 666. The van der Waals surface area contributed by atoms with Gasteiger partial charge in [0.2, 0.25) is 0 Å². The fraction of sp³-hybridized carbons (Fsp3) is 0.375. The van der Waals surface area contributed by atoms with Gasteiger partial charge < -0.3 is 4.90 Å². The highest BCUT2D eigenvalue weighted by Gasteiger charge is 2.26. The first kappa shape index (κ1) is 19.5. The molecule has 2 aromatic rings. The summed E-state index contributed by atoms with van der Waals surface area (Å²) in [4.78, 5) is 16.7. The van der Waals surface area contributed by atoms with Crippen molar-refractivity contribution in [2.45, 2.75) is 25.3 Å². The number of rotatable bonds is 9. The van der Waals surface area contributed by atoms with E-state index in [2.05, 4.69) is 77.0 Å². The molecule has 1 aliphatic rings. The van der Waals surface area contributed by atoms with Crippen LogP contribution in [0.4, 0.5) is 0 Å². The molecule has 27 heavy (non-hydrogen) atoms. The summed E-state index contributed by atoms with van der Waals surface area (Å²) in [6, 6.07) is 21.9. The molecule has 3 rings (SSSR count). The van der Waals surface area contributed by atoms with Crippen molar-refractivity contribution in [3.8, 4) is 0 Å². The van der Waals surface area contributed by atoms with Gasteiger partial charge >= 0.3 is 0 Å². The number of nitrogens with zero attached hydrogens (tertiary/aromatic N) is 2. The van der Waals surface area contributed by atoms with Gasteiger partial charge in [-0.25, -0.2) is 0 Å². The Kier molecular flexibility index (Phi) is 7.37. The maximum Gasteiger partial charge on any atom is 0.136 e. The second-order valence-electron chi connectivity index (χ2n) is 7.24. The van der Waals surface area contributed by atoms with Gasteiger partial charge in [0.15, 0.2) is 0 Å². The molecule has 1 saturated heterocycles. The van der Waals surface area contributed by atoms with Crippen LogP contribution in [0.25, 0.3) is 0 Å². The van der Waals surface area contributed by atoms with Crippen LogP contribution in [0.1, 0.15) is 36.4 Å². The zero-order chi connectivity index (χ0) is 18.9. The molecule has 0 bridgehead atoms. The number of benzene rings is 2. The number of carbonyl (C=O) groups is 1. The highest BCUT2D eigenvalue weighted by atomic mass is 16.1. The molecule has 0 N–H and O–H groups in total. The van der Waals surface area contributed by atoms with E-state index in [0.717, 1.165) is 39.1 Å². The number of carbonyl (C=O) groups excluding carboxylic acids is 1. The lowest BCUT2D eigenvalue weighted by Crippen LogP contribution is -2.48. The van der Waals surface area contributed by atoms with E-state index in [0.29, 0.717) is 24.7 Å². The van der Waals surface area contributed by atoms with E-state index in [9.17, 15) is 4.79 Å². The van der Waals surface area contributed by atoms with Gasteiger partial charge in [-0.15, -0.1) is 6.58 Å². The zero-order valence-corrected chi connectivity index (χ0v) is 16.1. The molecule has 0 saturated carbocycles. The van der Waals surface area contributed by atoms with Crippen LogP contribution < -0.4 is 0 Å². The van der Waals surface area contributed by atoms with Crippen molar-refractivity contribution in [2.24, 2.45) is 0 Å². The van der Waals surface area contributed by atoms with Crippen LogP contribution in [0, 0.1) is 0 Å². The molecule has 0 unspecified atom stereocenters. The van der Waals surface area contributed by atoms with Gasteiger partial charge in [-0.2, -0.15) is 0 Å². The lowest BCUT2D eigenvalue weighted by molar-refractivity contribution is -0.118. The minimum Gasteiger partial charge on any atom is -0.301 e. The summed E-state index contributed by atoms with van der Waals surface area (Å²) in [7, 11) is 0. The second kappa shape index (κ2) is 10.2. The van der Waals surface area contributed by atoms with Gasteiger partial charge in [0.1, 0.15) is 5.78 Å². The molecule has 1 heterocycles. The second-order valence-corrected chi connectivity index (χ2v) is 7.24. The summed E-state index contributed by atoms with van der Waals surface area (Å²) in [5.41, 5.74) is 2.71. The zero-order valence-electron chi connectivity index (χ0n) is 16.1. The predicted molar refractivity (Wildman–Crippen MR) is 112 cm³/mol. The first-order chi connectivity index (χ1) is 13.3. The Morgan fingerprint density at radius 3 is 2.00 bits per heavy atom. The Morgan fingerprint density at radius 2 is 1.48 bits per heavy atom. The monoisotopic (exact) mass is 362 g/mol. The van der Waals surface area contributed by atoms with Crippen molar-refractivity contribution in [3.63, 3.8) is 0 Å². The Balaban J connectivity index is 1.59. The molecule has 1 aliphatic heterocycles. The van der Waals surface area contributed by atoms with Crippen molar-refractivity contribution in [3.05, 3.63) is 84.4 Å². The van der Waals surface area contributed by atoms with Gasteiger partial charge in [0, 0.05) is 39.0 Å². The maximum atomic E-state index is 11.6. The Labute approximate surface area is 163 Å². The number of ketones is 1. The molecule has 0 amide bonds. The molecule has 0 atom stereocenters. The summed E-state index contributed by atoms with van der Waals surface area (Å²) in [6.07, 6.45) is 3.83. The Morgan fingerprint density at radius 1 is 0.926 bits per heavy atom. The minimum absolute atomic E-state index is 0.303. The summed E-state index contributed by atoms with van der Waals surface area (Å²) >= 11 is 0. The van der Waals surface area contributed by atoms with Gasteiger partial charge in [-0.05, 0) is 24.1 Å². The number of piperazine rings is 1. The summed E-state index contributed by atoms with van der Waals surface area (Å²) < 4.78 is 0. The quantitative estimate of drug-likeness (QED) is 0.621. The molecule has 3 heteroatoms. The van der Waals surface area contributed by atoms with Gasteiger partial charge in [0.05, 0.1) is 6.04 Å². The van der Waals surface area contributed by atoms with E-state index < -0.39 is 0 Å². The van der Waals surface area contributed by atoms with Crippen LogP contribution in [0.15, 0.2) is 73.3 Å². The molecule has 0 aromatic heterocycles. The standard InChI is InChI=1S/C24H30N2O/c1-2-10-23(27)15-9-16-25-17-19-26(20-18-25)24(21-11-5-3-6-12-21)22-13-7-4-8-14-22/h2-8,11-14,24H,1,9-10,15-20H2. The fourth-order valence-corrected chi connectivity index (χ4v) is 3.89. The summed E-state index contributed by atoms with van der Waals surface area (Å²) in [5, 5.41) is 0. The normalized spacial score (nSPS) is 15.7. The molecule has 0 aliphatic carbocycles. The lowest BCUT2D eigenvalue weighted by Gasteiger charge is -2.39. The van der Waals surface area contributed by atoms with Crippen LogP contribution in [-0.2, 0) is 4.79 Å². The Hall–Kier alpha value is -2.23. The van der Waals surface area contributed by atoms with E-state index in [1.165, 1.54) is 11.1 Å². The number of hydrogen-bond donors (Lipinski definition) is 0. The third-order valence-corrected chi connectivity index (χ3v) is 5.30. The SMILES string of the molecule is C=CCC(=O)CCCN1CCN(C(c2ccccc2)c2ccccc2)CC1. The lowest BCUT2D eigenvalue weighted by atomic mass is 9.96. The molecule has 0 spiro atoms.